The third-order valence-corrected chi connectivity index (χ3v) is 4.49. The highest BCUT2D eigenvalue weighted by atomic mass is 79.9. The van der Waals surface area contributed by atoms with E-state index >= 15 is 0 Å². The fourth-order valence-electron chi connectivity index (χ4n) is 1.78. The van der Waals surface area contributed by atoms with Crippen molar-refractivity contribution in [2.45, 2.75) is 25.6 Å². The van der Waals surface area contributed by atoms with Crippen LogP contribution in [0.15, 0.2) is 29.0 Å². The largest absolute Gasteiger partial charge is 0.443 e. The van der Waals surface area contributed by atoms with E-state index in [2.05, 4.69) is 31.2 Å². The zero-order valence-corrected chi connectivity index (χ0v) is 13.5. The number of pyridine rings is 1. The van der Waals surface area contributed by atoms with E-state index in [9.17, 15) is 13.2 Å². The van der Waals surface area contributed by atoms with Gasteiger partial charge in [0.05, 0.1) is 11.7 Å². The summed E-state index contributed by atoms with van der Waals surface area (Å²) in [6.07, 6.45) is -0.667. The first kappa shape index (κ1) is 16.4. The number of nitrogens with zero attached hydrogens (tertiary/aromatic N) is 2. The third kappa shape index (κ3) is 4.02. The van der Waals surface area contributed by atoms with Gasteiger partial charge in [-0.15, -0.1) is 11.3 Å². The Hall–Kier alpha value is -0.990. The topological polar surface area (TPSA) is 37.8 Å². The predicted molar refractivity (Wildman–Crippen MR) is 79.2 cm³/mol. The normalized spacial score (nSPS) is 13.4. The number of rotatable bonds is 5. The molecule has 2 heterocycles. The van der Waals surface area contributed by atoms with E-state index in [0.29, 0.717) is 28.5 Å². The summed E-state index contributed by atoms with van der Waals surface area (Å²) in [5.74, 6) is 0. The Labute approximate surface area is 132 Å². The summed E-state index contributed by atoms with van der Waals surface area (Å²) in [7, 11) is 0. The lowest BCUT2D eigenvalue weighted by Crippen LogP contribution is -2.23. The van der Waals surface area contributed by atoms with Gasteiger partial charge in [-0.1, -0.05) is 6.92 Å². The third-order valence-electron chi connectivity index (χ3n) is 2.71. The average molecular weight is 380 g/mol. The van der Waals surface area contributed by atoms with Crippen molar-refractivity contribution < 1.29 is 13.2 Å². The molecule has 1 unspecified atom stereocenters. The van der Waals surface area contributed by atoms with E-state index in [0.717, 1.165) is 10.9 Å². The van der Waals surface area contributed by atoms with Crippen molar-refractivity contribution in [3.63, 3.8) is 0 Å². The molecule has 1 atom stereocenters. The summed E-state index contributed by atoms with van der Waals surface area (Å²) < 4.78 is 38.9. The summed E-state index contributed by atoms with van der Waals surface area (Å²) in [5, 5.41) is 2.38. The van der Waals surface area contributed by atoms with E-state index in [-0.39, 0.29) is 0 Å². The van der Waals surface area contributed by atoms with E-state index in [1.807, 2.05) is 13.0 Å². The van der Waals surface area contributed by atoms with Crippen LogP contribution in [0.2, 0.25) is 0 Å². The van der Waals surface area contributed by atoms with Gasteiger partial charge in [0, 0.05) is 21.7 Å². The van der Waals surface area contributed by atoms with Gasteiger partial charge in [0.15, 0.2) is 5.01 Å². The minimum Gasteiger partial charge on any atom is -0.304 e. The first-order chi connectivity index (χ1) is 9.93. The monoisotopic (exact) mass is 379 g/mol. The van der Waals surface area contributed by atoms with E-state index in [1.165, 1.54) is 6.20 Å². The van der Waals surface area contributed by atoms with Crippen LogP contribution in [-0.4, -0.2) is 16.5 Å². The van der Waals surface area contributed by atoms with Crippen molar-refractivity contribution in [2.24, 2.45) is 0 Å². The Balaban J connectivity index is 2.37. The highest BCUT2D eigenvalue weighted by molar-refractivity contribution is 9.10. The lowest BCUT2D eigenvalue weighted by molar-refractivity contribution is -0.137. The van der Waals surface area contributed by atoms with Crippen LogP contribution in [0.5, 0.6) is 0 Å². The Kier molecular flexibility index (Phi) is 5.34. The average Bonchev–Trinajstić information content (AvgIpc) is 2.91. The molecule has 3 nitrogen and oxygen atoms in total. The van der Waals surface area contributed by atoms with Crippen molar-refractivity contribution in [1.82, 2.24) is 15.3 Å². The molecule has 0 fully saturated rings. The number of hydrogen-bond acceptors (Lipinski definition) is 4. The lowest BCUT2D eigenvalue weighted by Gasteiger charge is -2.17. The van der Waals surface area contributed by atoms with Gasteiger partial charge >= 0.3 is 6.18 Å². The second-order valence-corrected chi connectivity index (χ2v) is 6.24. The second-order valence-electron chi connectivity index (χ2n) is 4.32. The summed E-state index contributed by atoms with van der Waals surface area (Å²) in [6, 6.07) is 3.17. The zero-order chi connectivity index (χ0) is 15.5. The van der Waals surface area contributed by atoms with Gasteiger partial charge in [0.1, 0.15) is 0 Å². The van der Waals surface area contributed by atoms with Crippen LogP contribution in [0.25, 0.3) is 0 Å². The second kappa shape index (κ2) is 6.85. The molecule has 0 saturated heterocycles. The van der Waals surface area contributed by atoms with Gasteiger partial charge in [-0.05, 0) is 41.0 Å². The maximum absolute atomic E-state index is 12.7. The Morgan fingerprint density at radius 3 is 2.71 bits per heavy atom. The molecule has 0 aromatic carbocycles. The summed E-state index contributed by atoms with van der Waals surface area (Å²) >= 11 is 4.03. The number of alkyl halides is 3. The molecule has 0 aliphatic rings. The van der Waals surface area contributed by atoms with Gasteiger partial charge in [0.25, 0.3) is 0 Å². The Morgan fingerprint density at radius 2 is 2.14 bits per heavy atom. The first-order valence-electron chi connectivity index (χ1n) is 6.30. The first-order valence-corrected chi connectivity index (χ1v) is 7.91. The van der Waals surface area contributed by atoms with E-state index < -0.39 is 17.2 Å². The van der Waals surface area contributed by atoms with E-state index in [4.69, 9.17) is 0 Å². The number of thiazole rings is 1. The van der Waals surface area contributed by atoms with Gasteiger partial charge in [-0.25, -0.2) is 4.98 Å². The molecule has 0 aliphatic heterocycles. The molecule has 0 amide bonds. The molecule has 21 heavy (non-hydrogen) atoms. The van der Waals surface area contributed by atoms with Gasteiger partial charge in [0.2, 0.25) is 0 Å². The molecule has 0 radical (unpaired) electrons. The van der Waals surface area contributed by atoms with Crippen LogP contribution in [0.1, 0.15) is 35.0 Å². The smallest absolute Gasteiger partial charge is 0.304 e. The fraction of sp³-hybridized carbons (Fsp3) is 0.385. The van der Waals surface area contributed by atoms with Crippen molar-refractivity contribution in [3.05, 3.63) is 44.6 Å². The van der Waals surface area contributed by atoms with Crippen LogP contribution < -0.4 is 5.32 Å². The molecular formula is C13H13BrF3N3S. The number of hydrogen-bond donors (Lipinski definition) is 1. The van der Waals surface area contributed by atoms with Crippen molar-refractivity contribution in [1.29, 1.82) is 0 Å². The van der Waals surface area contributed by atoms with E-state index in [1.54, 1.807) is 12.3 Å². The van der Waals surface area contributed by atoms with Crippen LogP contribution in [0, 0.1) is 0 Å². The summed E-state index contributed by atoms with van der Waals surface area (Å²) in [4.78, 5) is 8.25. The van der Waals surface area contributed by atoms with Gasteiger partial charge < -0.3 is 5.32 Å². The van der Waals surface area contributed by atoms with Crippen molar-refractivity contribution >= 4 is 27.3 Å². The Bertz CT molecular complexity index is 600. The van der Waals surface area contributed by atoms with Crippen molar-refractivity contribution in [2.75, 3.05) is 6.54 Å². The molecule has 0 bridgehead atoms. The highest BCUT2D eigenvalue weighted by Crippen LogP contribution is 2.36. The molecule has 0 saturated carbocycles. The highest BCUT2D eigenvalue weighted by Gasteiger charge is 2.35. The van der Waals surface area contributed by atoms with Crippen LogP contribution >= 0.6 is 27.3 Å². The minimum atomic E-state index is -4.42. The minimum absolute atomic E-state index is 0.408. The fourth-order valence-corrected chi connectivity index (χ4v) is 3.13. The standard InChI is InChI=1S/C13H13BrF3N3S/c1-2-5-18-11(10-8(14)4-3-6-19-10)9-7-20-12(21-9)13(15,16)17/h3-4,6-7,11,18H,2,5H2,1H3. The zero-order valence-electron chi connectivity index (χ0n) is 11.1. The maximum Gasteiger partial charge on any atom is 0.443 e. The quantitative estimate of drug-likeness (QED) is 0.835. The predicted octanol–water partition coefficient (Wildman–Crippen LogP) is 4.41. The number of aromatic nitrogens is 2. The SMILES string of the molecule is CCCNC(c1cnc(C(F)(F)F)s1)c1ncccc1Br. The number of nitrogens with one attached hydrogen (secondary N) is 1. The van der Waals surface area contributed by atoms with Crippen LogP contribution in [0.4, 0.5) is 13.2 Å². The van der Waals surface area contributed by atoms with Crippen LogP contribution in [0.3, 0.4) is 0 Å². The molecule has 2 aromatic rings. The molecule has 0 spiro atoms. The lowest BCUT2D eigenvalue weighted by atomic mass is 10.1. The summed E-state index contributed by atoms with van der Waals surface area (Å²) in [6.45, 7) is 2.66. The molecule has 1 N–H and O–H groups in total. The molecule has 2 aromatic heterocycles. The molecular weight excluding hydrogens is 367 g/mol. The van der Waals surface area contributed by atoms with Gasteiger partial charge in [-0.2, -0.15) is 13.2 Å². The van der Waals surface area contributed by atoms with Gasteiger partial charge in [-0.3, -0.25) is 4.98 Å². The number of halogens is 4. The molecule has 0 aliphatic carbocycles. The molecule has 2 rings (SSSR count). The summed E-state index contributed by atoms with van der Waals surface area (Å²) in [5.41, 5.74) is 0.656. The molecule has 114 valence electrons. The molecule has 8 heteroatoms. The Morgan fingerprint density at radius 1 is 1.38 bits per heavy atom. The van der Waals surface area contributed by atoms with Crippen molar-refractivity contribution in [3.8, 4) is 0 Å². The van der Waals surface area contributed by atoms with Crippen LogP contribution in [-0.2, 0) is 6.18 Å². The maximum atomic E-state index is 12.7.